The van der Waals surface area contributed by atoms with Crippen LogP contribution in [-0.2, 0) is 6.54 Å². The van der Waals surface area contributed by atoms with E-state index in [4.69, 9.17) is 10.5 Å². The predicted octanol–water partition coefficient (Wildman–Crippen LogP) is 1.26. The van der Waals surface area contributed by atoms with Crippen LogP contribution in [-0.4, -0.2) is 36.6 Å². The van der Waals surface area contributed by atoms with E-state index in [0.717, 1.165) is 12.2 Å². The van der Waals surface area contributed by atoms with E-state index in [1.165, 1.54) is 25.9 Å². The Morgan fingerprint density at radius 2 is 2.24 bits per heavy atom. The fourth-order valence-corrected chi connectivity index (χ4v) is 2.13. The maximum absolute atomic E-state index is 5.79. The van der Waals surface area contributed by atoms with Crippen molar-refractivity contribution in [2.75, 3.05) is 26.7 Å². The molecular weight excluding hydrogens is 214 g/mol. The molecule has 0 aliphatic carbocycles. The first-order chi connectivity index (χ1) is 8.29. The van der Waals surface area contributed by atoms with E-state index in [2.05, 4.69) is 16.9 Å². The number of rotatable bonds is 4. The molecule has 2 N–H and O–H groups in total. The summed E-state index contributed by atoms with van der Waals surface area (Å²) < 4.78 is 5.79. The van der Waals surface area contributed by atoms with Crippen molar-refractivity contribution in [2.24, 2.45) is 11.7 Å². The van der Waals surface area contributed by atoms with Crippen LogP contribution in [0.3, 0.4) is 0 Å². The molecule has 4 nitrogen and oxygen atoms in total. The van der Waals surface area contributed by atoms with E-state index in [1.807, 2.05) is 12.1 Å². The highest BCUT2D eigenvalue weighted by Gasteiger charge is 2.17. The number of aromatic nitrogens is 1. The molecular formula is C13H21N3O. The highest BCUT2D eigenvalue weighted by Crippen LogP contribution is 2.19. The van der Waals surface area contributed by atoms with E-state index in [1.54, 1.807) is 6.20 Å². The third kappa shape index (κ3) is 3.41. The molecule has 0 spiro atoms. The Bertz CT molecular complexity index is 348. The molecule has 0 atom stereocenters. The standard InChI is InChI=1S/C13H21N3O/c1-16-7-4-11(5-8-16)10-17-13-12(9-14)3-2-6-15-13/h2-3,6,11H,4-5,7-10,14H2,1H3. The molecule has 0 bridgehead atoms. The van der Waals surface area contributed by atoms with Gasteiger partial charge in [0.2, 0.25) is 5.88 Å². The number of ether oxygens (including phenoxy) is 1. The van der Waals surface area contributed by atoms with Crippen LogP contribution in [0.4, 0.5) is 0 Å². The Labute approximate surface area is 103 Å². The lowest BCUT2D eigenvalue weighted by Gasteiger charge is -2.28. The molecule has 17 heavy (non-hydrogen) atoms. The average Bonchev–Trinajstić information content (AvgIpc) is 2.38. The van der Waals surface area contributed by atoms with Gasteiger partial charge in [-0.25, -0.2) is 4.98 Å². The lowest BCUT2D eigenvalue weighted by molar-refractivity contribution is 0.156. The highest BCUT2D eigenvalue weighted by atomic mass is 16.5. The molecule has 0 saturated carbocycles. The van der Waals surface area contributed by atoms with Crippen molar-refractivity contribution in [3.05, 3.63) is 23.9 Å². The molecule has 94 valence electrons. The third-order valence-electron chi connectivity index (χ3n) is 3.36. The lowest BCUT2D eigenvalue weighted by Crippen LogP contribution is -2.32. The first-order valence-electron chi connectivity index (χ1n) is 6.25. The maximum Gasteiger partial charge on any atom is 0.217 e. The van der Waals surface area contributed by atoms with Gasteiger partial charge in [0.1, 0.15) is 0 Å². The molecule has 2 heterocycles. The first-order valence-corrected chi connectivity index (χ1v) is 6.25. The Hall–Kier alpha value is -1.13. The zero-order chi connectivity index (χ0) is 12.1. The minimum absolute atomic E-state index is 0.483. The second kappa shape index (κ2) is 5.98. The molecule has 0 amide bonds. The van der Waals surface area contributed by atoms with Crippen LogP contribution in [0, 0.1) is 5.92 Å². The monoisotopic (exact) mass is 235 g/mol. The molecule has 2 rings (SSSR count). The summed E-state index contributed by atoms with van der Waals surface area (Å²) in [6.07, 6.45) is 4.17. The molecule has 1 saturated heterocycles. The van der Waals surface area contributed by atoms with Gasteiger partial charge in [-0.1, -0.05) is 6.07 Å². The Morgan fingerprint density at radius 3 is 2.94 bits per heavy atom. The van der Waals surface area contributed by atoms with Gasteiger partial charge in [-0.15, -0.1) is 0 Å². The van der Waals surface area contributed by atoms with Gasteiger partial charge >= 0.3 is 0 Å². The Balaban J connectivity index is 1.85. The smallest absolute Gasteiger partial charge is 0.217 e. The third-order valence-corrected chi connectivity index (χ3v) is 3.36. The summed E-state index contributed by atoms with van der Waals surface area (Å²) in [5.74, 6) is 1.35. The van der Waals surface area contributed by atoms with E-state index in [9.17, 15) is 0 Å². The van der Waals surface area contributed by atoms with Crippen LogP contribution in [0.15, 0.2) is 18.3 Å². The number of hydrogen-bond acceptors (Lipinski definition) is 4. The van der Waals surface area contributed by atoms with Crippen molar-refractivity contribution in [3.63, 3.8) is 0 Å². The van der Waals surface area contributed by atoms with Crippen molar-refractivity contribution in [3.8, 4) is 5.88 Å². The molecule has 0 unspecified atom stereocenters. The van der Waals surface area contributed by atoms with Crippen LogP contribution in [0.2, 0.25) is 0 Å². The number of piperidine rings is 1. The van der Waals surface area contributed by atoms with Gasteiger partial charge in [0.15, 0.2) is 0 Å². The van der Waals surface area contributed by atoms with Gasteiger partial charge in [0.05, 0.1) is 6.61 Å². The van der Waals surface area contributed by atoms with Crippen molar-refractivity contribution in [2.45, 2.75) is 19.4 Å². The summed E-state index contributed by atoms with van der Waals surface area (Å²) in [4.78, 5) is 6.60. The molecule has 1 aliphatic heterocycles. The quantitative estimate of drug-likeness (QED) is 0.853. The summed E-state index contributed by atoms with van der Waals surface area (Å²) in [6.45, 7) is 3.58. The lowest BCUT2D eigenvalue weighted by atomic mass is 9.98. The van der Waals surface area contributed by atoms with E-state index >= 15 is 0 Å². The van der Waals surface area contributed by atoms with E-state index in [-0.39, 0.29) is 0 Å². The van der Waals surface area contributed by atoms with Gasteiger partial charge in [0, 0.05) is 18.3 Å². The number of hydrogen-bond donors (Lipinski definition) is 1. The average molecular weight is 235 g/mol. The second-order valence-electron chi connectivity index (χ2n) is 4.73. The first kappa shape index (κ1) is 12.3. The van der Waals surface area contributed by atoms with Gasteiger partial charge in [-0.2, -0.15) is 0 Å². The van der Waals surface area contributed by atoms with Crippen molar-refractivity contribution in [1.29, 1.82) is 0 Å². The molecule has 1 fully saturated rings. The molecule has 4 heteroatoms. The SMILES string of the molecule is CN1CCC(COc2ncccc2CN)CC1. The second-order valence-corrected chi connectivity index (χ2v) is 4.73. The topological polar surface area (TPSA) is 51.4 Å². The minimum Gasteiger partial charge on any atom is -0.477 e. The molecule has 1 aromatic heterocycles. The summed E-state index contributed by atoms with van der Waals surface area (Å²) in [5.41, 5.74) is 6.64. The van der Waals surface area contributed by atoms with Crippen molar-refractivity contribution >= 4 is 0 Å². The van der Waals surface area contributed by atoms with E-state index in [0.29, 0.717) is 18.3 Å². The van der Waals surface area contributed by atoms with Crippen molar-refractivity contribution < 1.29 is 4.74 Å². The molecule has 0 aromatic carbocycles. The number of nitrogens with zero attached hydrogens (tertiary/aromatic N) is 2. The summed E-state index contributed by atoms with van der Waals surface area (Å²) in [7, 11) is 2.17. The summed E-state index contributed by atoms with van der Waals surface area (Å²) >= 11 is 0. The zero-order valence-electron chi connectivity index (χ0n) is 10.4. The summed E-state index contributed by atoms with van der Waals surface area (Å²) in [6, 6.07) is 3.86. The normalized spacial score (nSPS) is 18.2. The zero-order valence-corrected chi connectivity index (χ0v) is 10.4. The van der Waals surface area contributed by atoms with Crippen LogP contribution in [0.1, 0.15) is 18.4 Å². The van der Waals surface area contributed by atoms with Crippen LogP contribution < -0.4 is 10.5 Å². The minimum atomic E-state index is 0.483. The summed E-state index contributed by atoms with van der Waals surface area (Å²) in [5, 5.41) is 0. The number of likely N-dealkylation sites (tertiary alicyclic amines) is 1. The van der Waals surface area contributed by atoms with Crippen LogP contribution >= 0.6 is 0 Å². The molecule has 0 radical (unpaired) electrons. The number of nitrogens with two attached hydrogens (primary N) is 1. The number of pyridine rings is 1. The van der Waals surface area contributed by atoms with Gasteiger partial charge in [0.25, 0.3) is 0 Å². The predicted molar refractivity (Wildman–Crippen MR) is 67.8 cm³/mol. The fourth-order valence-electron chi connectivity index (χ4n) is 2.13. The van der Waals surface area contributed by atoms with Crippen LogP contribution in [0.25, 0.3) is 0 Å². The van der Waals surface area contributed by atoms with E-state index < -0.39 is 0 Å². The fraction of sp³-hybridized carbons (Fsp3) is 0.615. The van der Waals surface area contributed by atoms with Gasteiger partial charge in [-0.05, 0) is 45.0 Å². The molecule has 1 aliphatic rings. The van der Waals surface area contributed by atoms with Crippen LogP contribution in [0.5, 0.6) is 5.88 Å². The Kier molecular flexibility index (Phi) is 4.34. The highest BCUT2D eigenvalue weighted by molar-refractivity contribution is 5.24. The van der Waals surface area contributed by atoms with Gasteiger partial charge < -0.3 is 15.4 Å². The van der Waals surface area contributed by atoms with Crippen molar-refractivity contribution in [1.82, 2.24) is 9.88 Å². The Morgan fingerprint density at radius 1 is 1.47 bits per heavy atom. The maximum atomic E-state index is 5.79. The molecule has 1 aromatic rings. The van der Waals surface area contributed by atoms with Gasteiger partial charge in [-0.3, -0.25) is 0 Å². The largest absolute Gasteiger partial charge is 0.477 e.